The molecule has 0 saturated heterocycles. The van der Waals surface area contributed by atoms with Gasteiger partial charge in [-0.2, -0.15) is 5.10 Å². The summed E-state index contributed by atoms with van der Waals surface area (Å²) in [4.78, 5) is 26.5. The zero-order valence-electron chi connectivity index (χ0n) is 18.0. The van der Waals surface area contributed by atoms with Crippen LogP contribution >= 0.6 is 0 Å². The van der Waals surface area contributed by atoms with Crippen LogP contribution in [0.4, 0.5) is 5.69 Å². The van der Waals surface area contributed by atoms with E-state index < -0.39 is 0 Å². The highest BCUT2D eigenvalue weighted by molar-refractivity contribution is 5.77. The van der Waals surface area contributed by atoms with E-state index in [0.717, 1.165) is 24.3 Å². The van der Waals surface area contributed by atoms with Crippen molar-refractivity contribution in [2.24, 2.45) is 0 Å². The summed E-state index contributed by atoms with van der Waals surface area (Å²) in [6.45, 7) is 6.47. The number of anilines is 1. The van der Waals surface area contributed by atoms with Crippen molar-refractivity contribution in [3.63, 3.8) is 0 Å². The lowest BCUT2D eigenvalue weighted by molar-refractivity contribution is -0.123. The topological polar surface area (TPSA) is 76.5 Å². The van der Waals surface area contributed by atoms with Crippen LogP contribution in [0.25, 0.3) is 11.3 Å². The molecule has 7 nitrogen and oxygen atoms in total. The molecule has 31 heavy (non-hydrogen) atoms. The van der Waals surface area contributed by atoms with Gasteiger partial charge in [0.25, 0.3) is 11.5 Å². The molecule has 0 aliphatic heterocycles. The first kappa shape index (κ1) is 22.1. The van der Waals surface area contributed by atoms with Gasteiger partial charge in [-0.3, -0.25) is 9.59 Å². The van der Waals surface area contributed by atoms with Gasteiger partial charge in [0.2, 0.25) is 0 Å². The summed E-state index contributed by atoms with van der Waals surface area (Å²) in [5.74, 6) is 0.397. The molecule has 1 heterocycles. The predicted octanol–water partition coefficient (Wildman–Crippen LogP) is 2.95. The summed E-state index contributed by atoms with van der Waals surface area (Å²) >= 11 is 0. The number of amides is 1. The van der Waals surface area contributed by atoms with Gasteiger partial charge >= 0.3 is 0 Å². The van der Waals surface area contributed by atoms with Gasteiger partial charge in [-0.05, 0) is 32.0 Å². The summed E-state index contributed by atoms with van der Waals surface area (Å²) in [5.41, 5.74) is 2.49. The Morgan fingerprint density at radius 2 is 1.81 bits per heavy atom. The zero-order valence-corrected chi connectivity index (χ0v) is 18.0. The molecule has 0 spiro atoms. The van der Waals surface area contributed by atoms with Crippen LogP contribution in [0, 0.1) is 0 Å². The Kier molecular flexibility index (Phi) is 7.81. The number of nitrogens with zero attached hydrogens (tertiary/aromatic N) is 3. The third-order valence-corrected chi connectivity index (χ3v) is 4.90. The van der Waals surface area contributed by atoms with Crippen LogP contribution in [0.3, 0.4) is 0 Å². The summed E-state index contributed by atoms with van der Waals surface area (Å²) < 4.78 is 6.99. The molecule has 3 rings (SSSR count). The molecule has 1 N–H and O–H groups in total. The van der Waals surface area contributed by atoms with Crippen molar-refractivity contribution >= 4 is 11.6 Å². The van der Waals surface area contributed by atoms with Gasteiger partial charge in [-0.15, -0.1) is 0 Å². The lowest BCUT2D eigenvalue weighted by Crippen LogP contribution is -2.34. The zero-order chi connectivity index (χ0) is 22.1. The Hall–Kier alpha value is -3.61. The molecule has 0 unspecified atom stereocenters. The molecule has 1 aromatic heterocycles. The Bertz CT molecular complexity index is 1050. The second-order valence-electron chi connectivity index (χ2n) is 6.95. The van der Waals surface area contributed by atoms with Crippen LogP contribution in [-0.2, 0) is 11.3 Å². The first-order chi connectivity index (χ1) is 15.1. The molecule has 3 aromatic rings. The highest BCUT2D eigenvalue weighted by Crippen LogP contribution is 2.21. The fraction of sp³-hybridized carbons (Fsp3) is 0.292. The van der Waals surface area contributed by atoms with Crippen LogP contribution in [0.5, 0.6) is 5.75 Å². The number of carbonyl (C=O) groups is 1. The van der Waals surface area contributed by atoms with Crippen LogP contribution in [0.15, 0.2) is 71.5 Å². The number of carbonyl (C=O) groups excluding carboxylic acids is 1. The molecule has 1 amide bonds. The van der Waals surface area contributed by atoms with Gasteiger partial charge in [0.15, 0.2) is 6.61 Å². The lowest BCUT2D eigenvalue weighted by atomic mass is 10.1. The van der Waals surface area contributed by atoms with Crippen LogP contribution in [0.1, 0.15) is 13.8 Å². The van der Waals surface area contributed by atoms with Gasteiger partial charge in [0.05, 0.1) is 12.2 Å². The Balaban J connectivity index is 1.51. The summed E-state index contributed by atoms with van der Waals surface area (Å²) in [6.07, 6.45) is 0. The maximum atomic E-state index is 12.2. The van der Waals surface area contributed by atoms with Gasteiger partial charge in [0.1, 0.15) is 5.75 Å². The molecule has 0 saturated carbocycles. The number of ether oxygens (including phenoxy) is 1. The minimum absolute atomic E-state index is 0.0892. The summed E-state index contributed by atoms with van der Waals surface area (Å²) in [6, 6.07) is 20.5. The van der Waals surface area contributed by atoms with Crippen molar-refractivity contribution in [2.75, 3.05) is 31.1 Å². The average molecular weight is 421 g/mol. The van der Waals surface area contributed by atoms with Crippen molar-refractivity contribution < 1.29 is 9.53 Å². The van der Waals surface area contributed by atoms with Crippen molar-refractivity contribution in [2.45, 2.75) is 20.4 Å². The first-order valence-electron chi connectivity index (χ1n) is 10.5. The number of benzene rings is 2. The highest BCUT2D eigenvalue weighted by atomic mass is 16.5. The number of aromatic nitrogens is 2. The Labute approximate surface area is 182 Å². The molecule has 0 radical (unpaired) electrons. The molecule has 2 aromatic carbocycles. The lowest BCUT2D eigenvalue weighted by Gasteiger charge is -2.21. The Morgan fingerprint density at radius 3 is 2.55 bits per heavy atom. The van der Waals surface area contributed by atoms with E-state index in [0.29, 0.717) is 11.4 Å². The molecule has 162 valence electrons. The van der Waals surface area contributed by atoms with Crippen molar-refractivity contribution in [1.82, 2.24) is 15.1 Å². The van der Waals surface area contributed by atoms with Gasteiger partial charge in [-0.1, -0.05) is 36.4 Å². The smallest absolute Gasteiger partial charge is 0.266 e. The van der Waals surface area contributed by atoms with Gasteiger partial charge in [-0.25, -0.2) is 4.68 Å². The monoisotopic (exact) mass is 420 g/mol. The van der Waals surface area contributed by atoms with E-state index in [1.165, 1.54) is 10.7 Å². The molecule has 0 aliphatic rings. The quantitative estimate of drug-likeness (QED) is 0.546. The fourth-order valence-electron chi connectivity index (χ4n) is 3.23. The fourth-order valence-corrected chi connectivity index (χ4v) is 3.23. The van der Waals surface area contributed by atoms with Crippen LogP contribution in [-0.4, -0.2) is 41.9 Å². The Morgan fingerprint density at radius 1 is 1.03 bits per heavy atom. The van der Waals surface area contributed by atoms with Crippen LogP contribution in [0.2, 0.25) is 0 Å². The van der Waals surface area contributed by atoms with E-state index in [1.54, 1.807) is 6.07 Å². The third-order valence-electron chi connectivity index (χ3n) is 4.90. The predicted molar refractivity (Wildman–Crippen MR) is 122 cm³/mol. The summed E-state index contributed by atoms with van der Waals surface area (Å²) in [7, 11) is 0. The molecule has 0 atom stereocenters. The molecular weight excluding hydrogens is 392 g/mol. The highest BCUT2D eigenvalue weighted by Gasteiger charge is 2.07. The third kappa shape index (κ3) is 6.18. The molecule has 0 fully saturated rings. The minimum atomic E-state index is -0.250. The number of hydrogen-bond acceptors (Lipinski definition) is 5. The van der Waals surface area contributed by atoms with E-state index in [-0.39, 0.29) is 31.2 Å². The van der Waals surface area contributed by atoms with Gasteiger partial charge in [0, 0.05) is 43.0 Å². The second-order valence-corrected chi connectivity index (χ2v) is 6.95. The van der Waals surface area contributed by atoms with Crippen LogP contribution < -0.4 is 20.5 Å². The van der Waals surface area contributed by atoms with E-state index in [2.05, 4.69) is 29.2 Å². The maximum Gasteiger partial charge on any atom is 0.266 e. The van der Waals surface area contributed by atoms with Crippen molar-refractivity contribution in [1.29, 1.82) is 0 Å². The maximum absolute atomic E-state index is 12.2. The number of nitrogens with one attached hydrogen (secondary N) is 1. The first-order valence-corrected chi connectivity index (χ1v) is 10.5. The largest absolute Gasteiger partial charge is 0.484 e. The van der Waals surface area contributed by atoms with E-state index in [1.807, 2.05) is 54.6 Å². The van der Waals surface area contributed by atoms with E-state index in [9.17, 15) is 9.59 Å². The SMILES string of the molecule is CCN(CC)c1cccc(OCC(=O)NCCn2nc(-c3ccccc3)ccc2=O)c1. The molecular formula is C24H28N4O3. The van der Waals surface area contributed by atoms with E-state index >= 15 is 0 Å². The normalized spacial score (nSPS) is 10.5. The second kappa shape index (κ2) is 11.0. The van der Waals surface area contributed by atoms with Gasteiger partial charge < -0.3 is 15.0 Å². The standard InChI is InChI=1S/C24H28N4O3/c1-3-27(4-2)20-11-8-12-21(17-20)31-18-23(29)25-15-16-28-24(30)14-13-22(26-28)19-9-6-5-7-10-19/h5-14,17H,3-4,15-16,18H2,1-2H3,(H,25,29). The molecule has 0 bridgehead atoms. The van der Waals surface area contributed by atoms with E-state index in [4.69, 9.17) is 4.74 Å². The minimum Gasteiger partial charge on any atom is -0.484 e. The summed E-state index contributed by atoms with van der Waals surface area (Å²) in [5, 5.41) is 7.17. The number of rotatable bonds is 10. The number of hydrogen-bond donors (Lipinski definition) is 1. The average Bonchev–Trinajstić information content (AvgIpc) is 2.81. The molecule has 0 aliphatic carbocycles. The van der Waals surface area contributed by atoms with Crippen molar-refractivity contribution in [3.8, 4) is 17.0 Å². The molecule has 7 heteroatoms. The van der Waals surface area contributed by atoms with Crippen molar-refractivity contribution in [3.05, 3.63) is 77.1 Å².